The van der Waals surface area contributed by atoms with Crippen LogP contribution in [0.15, 0.2) is 0 Å². The number of aliphatic hydroxyl groups is 23. The topological polar surface area (TPSA) is 691 Å². The molecule has 0 aromatic rings. The SMILES string of the molecule is CC(=O)N[C@H]1[C@H](O[C@@H]2[C@@H](OC[C@H]3O[C@H](O)[C@@H](O)[C@@H](O[C@H]4O[C@H](CO)[C@@H](O)[C@H](O)[C@@H]4O[C@@H]4O[C@H](CO)[C@@H](O[C@@H]5O[C@H](CO)[C@H](O)[C@H](O)[C@H]5O)[C@H](O)[C@H]4NC(C)=O)[C@@H]3O[C@@H]3O[C@H](CO)[C@@H](O)[C@H](O)[C@H]3NC(C)=O)O[C@H](CO)[C@@H](O)[C@@H]2O)O[C@H](CO)[C@@H](O[C@@H]2O[C@H](CO)[C@H](O)[C@H](O)[C@H]2O)[C@@H]1O. The molecule has 0 aromatic heterocycles. The highest BCUT2D eigenvalue weighted by molar-refractivity contribution is 5.74. The maximum absolute atomic E-state index is 12.8. The lowest BCUT2D eigenvalue weighted by Crippen LogP contribution is -2.70. The lowest BCUT2D eigenvalue weighted by molar-refractivity contribution is -0.400. The van der Waals surface area contributed by atoms with Crippen LogP contribution >= 0.6 is 0 Å². The fourth-order valence-corrected chi connectivity index (χ4v) is 12.6. The first-order valence-electron chi connectivity index (χ1n) is 31.1. The Hall–Kier alpha value is -3.11. The molecule has 8 rings (SSSR count). The molecule has 8 saturated heterocycles. The lowest BCUT2D eigenvalue weighted by atomic mass is 9.94. The van der Waals surface area contributed by atoms with Gasteiger partial charge in [-0.15, -0.1) is 0 Å². The molecule has 0 unspecified atom stereocenters. The molecule has 568 valence electrons. The van der Waals surface area contributed by atoms with E-state index >= 15 is 0 Å². The van der Waals surface area contributed by atoms with Crippen molar-refractivity contribution in [3.8, 4) is 0 Å². The smallest absolute Gasteiger partial charge is 0.217 e. The number of carbonyl (C=O) groups excluding carboxylic acids is 3. The average molecular weight is 1440 g/mol. The van der Waals surface area contributed by atoms with Gasteiger partial charge < -0.3 is 204 Å². The summed E-state index contributed by atoms with van der Waals surface area (Å²) in [5, 5.41) is 258. The van der Waals surface area contributed by atoms with Gasteiger partial charge in [-0.05, 0) is 0 Å². The largest absolute Gasteiger partial charge is 0.394 e. The first-order chi connectivity index (χ1) is 46.4. The van der Waals surface area contributed by atoms with E-state index in [-0.39, 0.29) is 0 Å². The maximum Gasteiger partial charge on any atom is 0.217 e. The van der Waals surface area contributed by atoms with Crippen LogP contribution in [0.2, 0.25) is 0 Å². The van der Waals surface area contributed by atoms with Crippen molar-refractivity contribution in [2.75, 3.05) is 52.9 Å². The quantitative estimate of drug-likeness (QED) is 0.0404. The van der Waals surface area contributed by atoms with Crippen molar-refractivity contribution in [1.82, 2.24) is 16.0 Å². The molecule has 26 N–H and O–H groups in total. The summed E-state index contributed by atoms with van der Waals surface area (Å²) in [7, 11) is 0. The predicted molar refractivity (Wildman–Crippen MR) is 299 cm³/mol. The molecule has 8 fully saturated rings. The highest BCUT2D eigenvalue weighted by Crippen LogP contribution is 2.39. The number of hydrogen-bond acceptors (Lipinski definition) is 41. The molecule has 8 aliphatic rings. The second kappa shape index (κ2) is 35.1. The summed E-state index contributed by atoms with van der Waals surface area (Å²) in [4.78, 5) is 38.3. The number of rotatable bonds is 25. The minimum atomic E-state index is -2.50. The summed E-state index contributed by atoms with van der Waals surface area (Å²) < 4.78 is 88.6. The van der Waals surface area contributed by atoms with Crippen molar-refractivity contribution >= 4 is 17.7 Å². The van der Waals surface area contributed by atoms with Gasteiger partial charge in [-0.25, -0.2) is 0 Å². The van der Waals surface area contributed by atoms with Crippen molar-refractivity contribution in [3.63, 3.8) is 0 Å². The molecular formula is C54H91N3O41. The van der Waals surface area contributed by atoms with Gasteiger partial charge in [0.2, 0.25) is 17.7 Å². The van der Waals surface area contributed by atoms with E-state index < -0.39 is 316 Å². The zero-order valence-corrected chi connectivity index (χ0v) is 52.4. The van der Waals surface area contributed by atoms with Gasteiger partial charge in [0.15, 0.2) is 50.3 Å². The van der Waals surface area contributed by atoms with Crippen LogP contribution in [0, 0.1) is 0 Å². The van der Waals surface area contributed by atoms with Gasteiger partial charge in [0.1, 0.15) is 195 Å². The number of hydrogen-bond donors (Lipinski definition) is 26. The average Bonchev–Trinajstić information content (AvgIpc) is 0.773. The monoisotopic (exact) mass is 1440 g/mol. The normalized spacial score (nSPS) is 49.5. The number of carbonyl (C=O) groups is 3. The molecule has 0 aliphatic carbocycles. The van der Waals surface area contributed by atoms with E-state index in [0.29, 0.717) is 0 Å². The third kappa shape index (κ3) is 17.5. The molecule has 0 radical (unpaired) electrons. The van der Waals surface area contributed by atoms with Crippen LogP contribution < -0.4 is 16.0 Å². The molecule has 98 heavy (non-hydrogen) atoms. The van der Waals surface area contributed by atoms with E-state index in [2.05, 4.69) is 16.0 Å². The van der Waals surface area contributed by atoms with Crippen molar-refractivity contribution in [1.29, 1.82) is 0 Å². The summed E-state index contributed by atoms with van der Waals surface area (Å²) in [5.74, 6) is -2.74. The van der Waals surface area contributed by atoms with E-state index in [0.717, 1.165) is 20.8 Å². The molecule has 0 spiro atoms. The molecule has 3 amide bonds. The van der Waals surface area contributed by atoms with E-state index in [1.807, 2.05) is 0 Å². The Bertz CT molecular complexity index is 2510. The molecule has 0 saturated carbocycles. The predicted octanol–water partition coefficient (Wildman–Crippen LogP) is -18.0. The van der Waals surface area contributed by atoms with E-state index in [1.54, 1.807) is 0 Å². The Kier molecular flexibility index (Phi) is 28.9. The third-order valence-corrected chi connectivity index (χ3v) is 17.8. The van der Waals surface area contributed by atoms with E-state index in [4.69, 9.17) is 71.1 Å². The number of nitrogens with one attached hydrogen (secondary N) is 3. The number of aliphatic hydroxyl groups excluding tert-OH is 23. The second-order valence-electron chi connectivity index (χ2n) is 24.6. The maximum atomic E-state index is 12.8. The summed E-state index contributed by atoms with van der Waals surface area (Å²) in [6.07, 6.45) is -75.7. The van der Waals surface area contributed by atoms with Crippen LogP contribution in [0.3, 0.4) is 0 Å². The van der Waals surface area contributed by atoms with Crippen molar-refractivity contribution < 1.29 is 203 Å². The Morgan fingerprint density at radius 2 is 0.551 bits per heavy atom. The molecular weight excluding hydrogens is 1350 g/mol. The first-order valence-corrected chi connectivity index (χ1v) is 31.1. The third-order valence-electron chi connectivity index (χ3n) is 17.8. The Balaban J connectivity index is 1.12. The minimum Gasteiger partial charge on any atom is -0.394 e. The molecule has 8 aliphatic heterocycles. The fraction of sp³-hybridized carbons (Fsp3) is 0.944. The summed E-state index contributed by atoms with van der Waals surface area (Å²) >= 11 is 0. The Morgan fingerprint density at radius 1 is 0.265 bits per heavy atom. The van der Waals surface area contributed by atoms with Gasteiger partial charge in [-0.1, -0.05) is 0 Å². The van der Waals surface area contributed by atoms with Crippen LogP contribution in [-0.2, 0) is 85.4 Å². The van der Waals surface area contributed by atoms with Gasteiger partial charge in [-0.3, -0.25) is 14.4 Å². The zero-order valence-electron chi connectivity index (χ0n) is 52.4. The van der Waals surface area contributed by atoms with E-state index in [9.17, 15) is 132 Å². The molecule has 44 nitrogen and oxygen atoms in total. The summed E-state index contributed by atoms with van der Waals surface area (Å²) in [6.45, 7) is -5.57. The lowest BCUT2D eigenvalue weighted by Gasteiger charge is -2.51. The first kappa shape index (κ1) is 80.6. The summed E-state index contributed by atoms with van der Waals surface area (Å²) in [5.41, 5.74) is 0. The van der Waals surface area contributed by atoms with Crippen molar-refractivity contribution in [3.05, 3.63) is 0 Å². The van der Waals surface area contributed by atoms with Crippen LogP contribution in [0.25, 0.3) is 0 Å². The van der Waals surface area contributed by atoms with Crippen LogP contribution in [0.1, 0.15) is 20.8 Å². The zero-order chi connectivity index (χ0) is 72.2. The Labute approximate surface area is 554 Å². The van der Waals surface area contributed by atoms with Gasteiger partial charge in [0.25, 0.3) is 0 Å². The van der Waals surface area contributed by atoms with Crippen molar-refractivity contribution in [2.45, 2.75) is 266 Å². The second-order valence-corrected chi connectivity index (χ2v) is 24.6. The standard InChI is InChI=1S/C54H91N3O41/c1-12(65)55-23-31(73)26(68)15(4-58)86-48(23)95-43-22(11-84-53-45(36(78)29(71)18(7-61)89-53)97-49-24(56-13(2)66)32(74)41(20(9-63)91-49)93-51-38(80)34(76)27(69)16(5-59)87-51)85-47(83)40(82)44(43)96-54-46(37(79)30(72)19(8-62)90-54)98-50-25(57-14(3)67)33(75)42(21(10-64)92-50)94-52-39(81)35(77)28(70)17(6-60)88-52/h15-54,58-64,68-83H,4-11H2,1-3H3,(H,55,65)(H,56,66)(H,57,67)/t15-,16-,17-,18-,19-,20-,21-,22-,23-,24-,25-,26-,27+,28+,29-,30-,31-,32-,33-,34+,35+,36+,37+,38-,39-,40+,41-,42-,43-,44-,45+,46+,47+,48+,49+,50+,51+,52+,53+,54-/m1/s1. The van der Waals surface area contributed by atoms with Crippen LogP contribution in [0.4, 0.5) is 0 Å². The Morgan fingerprint density at radius 3 is 0.929 bits per heavy atom. The summed E-state index contributed by atoms with van der Waals surface area (Å²) in [6, 6.07) is -5.62. The molecule has 8 heterocycles. The molecule has 0 bridgehead atoms. The van der Waals surface area contributed by atoms with Gasteiger partial charge in [0, 0.05) is 20.8 Å². The van der Waals surface area contributed by atoms with Crippen molar-refractivity contribution in [2.24, 2.45) is 0 Å². The number of ether oxygens (including phenoxy) is 15. The van der Waals surface area contributed by atoms with E-state index in [1.165, 1.54) is 0 Å². The molecule has 0 aromatic carbocycles. The molecule has 44 heteroatoms. The van der Waals surface area contributed by atoms with Gasteiger partial charge in [0.05, 0.1) is 52.9 Å². The highest BCUT2D eigenvalue weighted by Gasteiger charge is 2.60. The fourth-order valence-electron chi connectivity index (χ4n) is 12.6. The van der Waals surface area contributed by atoms with Crippen LogP contribution in [-0.4, -0.2) is 433 Å². The van der Waals surface area contributed by atoms with Gasteiger partial charge in [-0.2, -0.15) is 0 Å². The van der Waals surface area contributed by atoms with Gasteiger partial charge >= 0.3 is 0 Å². The number of amides is 3. The minimum absolute atomic E-state index is 0.901. The highest BCUT2D eigenvalue weighted by atomic mass is 16.8. The van der Waals surface area contributed by atoms with Crippen LogP contribution in [0.5, 0.6) is 0 Å². The molecule has 40 atom stereocenters.